The van der Waals surface area contributed by atoms with E-state index in [1.54, 1.807) is 7.11 Å². The Kier molecular flexibility index (Phi) is 4.64. The first-order chi connectivity index (χ1) is 9.28. The number of rotatable bonds is 4. The summed E-state index contributed by atoms with van der Waals surface area (Å²) in [5.74, 6) is 1.44. The lowest BCUT2D eigenvalue weighted by Gasteiger charge is -2.35. The highest BCUT2D eigenvalue weighted by molar-refractivity contribution is 5.62. The molecule has 0 bridgehead atoms. The highest BCUT2D eigenvalue weighted by Gasteiger charge is 2.21. The van der Waals surface area contributed by atoms with Crippen LogP contribution in [0.2, 0.25) is 0 Å². The summed E-state index contributed by atoms with van der Waals surface area (Å²) in [4.78, 5) is 2.30. The molecule has 1 atom stereocenters. The number of benzene rings is 1. The fraction of sp³-hybridized carbons (Fsp3) is 0.533. The van der Waals surface area contributed by atoms with Crippen LogP contribution in [0.15, 0.2) is 18.2 Å². The molecule has 2 rings (SSSR count). The van der Waals surface area contributed by atoms with Crippen LogP contribution in [0.4, 0.5) is 5.69 Å². The van der Waals surface area contributed by atoms with Crippen LogP contribution >= 0.6 is 0 Å². The molecule has 0 spiro atoms. The maximum atomic E-state index is 9.24. The Morgan fingerprint density at radius 2 is 2.37 bits per heavy atom. The van der Waals surface area contributed by atoms with Crippen molar-refractivity contribution in [3.63, 3.8) is 0 Å². The zero-order valence-corrected chi connectivity index (χ0v) is 11.4. The predicted molar refractivity (Wildman–Crippen MR) is 76.3 cm³/mol. The highest BCUT2D eigenvalue weighted by atomic mass is 16.5. The minimum absolute atomic E-state index is 0.636. The molecule has 1 saturated heterocycles. The lowest BCUT2D eigenvalue weighted by atomic mass is 9.94. The average Bonchev–Trinajstić information content (AvgIpc) is 2.47. The Morgan fingerprint density at radius 3 is 3.05 bits per heavy atom. The fourth-order valence-corrected chi connectivity index (χ4v) is 2.75. The summed E-state index contributed by atoms with van der Waals surface area (Å²) in [5.41, 5.74) is 7.36. The van der Waals surface area contributed by atoms with Gasteiger partial charge in [-0.2, -0.15) is 5.26 Å². The summed E-state index contributed by atoms with van der Waals surface area (Å²) < 4.78 is 5.26. The molecule has 1 aromatic carbocycles. The summed E-state index contributed by atoms with van der Waals surface area (Å²) in [6, 6.07) is 7.90. The predicted octanol–water partition coefficient (Wildman–Crippen LogP) is 2.13. The second-order valence-electron chi connectivity index (χ2n) is 5.03. The first-order valence-corrected chi connectivity index (χ1v) is 6.81. The molecule has 0 radical (unpaired) electrons. The van der Waals surface area contributed by atoms with Crippen LogP contribution in [-0.2, 0) is 0 Å². The van der Waals surface area contributed by atoms with Gasteiger partial charge in [-0.05, 0) is 43.9 Å². The second kappa shape index (κ2) is 6.44. The van der Waals surface area contributed by atoms with E-state index >= 15 is 0 Å². The summed E-state index contributed by atoms with van der Waals surface area (Å²) in [7, 11) is 1.65. The zero-order valence-electron chi connectivity index (χ0n) is 11.4. The number of hydrogen-bond donors (Lipinski definition) is 1. The highest BCUT2D eigenvalue weighted by Crippen LogP contribution is 2.30. The zero-order chi connectivity index (χ0) is 13.7. The van der Waals surface area contributed by atoms with Gasteiger partial charge >= 0.3 is 0 Å². The van der Waals surface area contributed by atoms with Crippen molar-refractivity contribution in [2.24, 2.45) is 11.7 Å². The Labute approximate surface area is 114 Å². The number of piperidine rings is 1. The third kappa shape index (κ3) is 3.18. The molecule has 0 saturated carbocycles. The Balaban J connectivity index is 2.22. The van der Waals surface area contributed by atoms with Crippen molar-refractivity contribution in [1.29, 1.82) is 5.26 Å². The molecule has 4 nitrogen and oxygen atoms in total. The Bertz CT molecular complexity index is 465. The molecule has 0 aromatic heterocycles. The van der Waals surface area contributed by atoms with Crippen molar-refractivity contribution in [2.45, 2.75) is 19.3 Å². The molecule has 1 fully saturated rings. The first-order valence-electron chi connectivity index (χ1n) is 6.81. The molecule has 0 aliphatic carbocycles. The van der Waals surface area contributed by atoms with Crippen molar-refractivity contribution in [2.75, 3.05) is 31.6 Å². The van der Waals surface area contributed by atoms with Crippen molar-refractivity contribution >= 4 is 5.69 Å². The number of nitrogens with two attached hydrogens (primary N) is 1. The van der Waals surface area contributed by atoms with Crippen LogP contribution in [0, 0.1) is 17.2 Å². The summed E-state index contributed by atoms with van der Waals surface area (Å²) >= 11 is 0. The summed E-state index contributed by atoms with van der Waals surface area (Å²) in [5, 5.41) is 9.24. The molecule has 1 aromatic rings. The van der Waals surface area contributed by atoms with Crippen LogP contribution in [-0.4, -0.2) is 26.7 Å². The molecule has 1 aliphatic rings. The maximum Gasteiger partial charge on any atom is 0.121 e. The molecule has 1 unspecified atom stereocenters. The Morgan fingerprint density at radius 1 is 1.53 bits per heavy atom. The van der Waals surface area contributed by atoms with Gasteiger partial charge in [0.25, 0.3) is 0 Å². The minimum atomic E-state index is 0.636. The van der Waals surface area contributed by atoms with Crippen molar-refractivity contribution < 1.29 is 4.74 Å². The van der Waals surface area contributed by atoms with E-state index in [0.29, 0.717) is 11.5 Å². The second-order valence-corrected chi connectivity index (χ2v) is 5.03. The Hall–Kier alpha value is -1.73. The molecule has 19 heavy (non-hydrogen) atoms. The number of ether oxygens (including phenoxy) is 1. The van der Waals surface area contributed by atoms with Gasteiger partial charge < -0.3 is 15.4 Å². The van der Waals surface area contributed by atoms with Crippen LogP contribution in [0.3, 0.4) is 0 Å². The van der Waals surface area contributed by atoms with Gasteiger partial charge in [-0.3, -0.25) is 0 Å². The van der Waals surface area contributed by atoms with Gasteiger partial charge in [0.1, 0.15) is 11.8 Å². The SMILES string of the molecule is COc1ccc(C#N)c(N2CCCC(CCN)C2)c1. The van der Waals surface area contributed by atoms with E-state index in [2.05, 4.69) is 11.0 Å². The van der Waals surface area contributed by atoms with Crippen LogP contribution in [0.5, 0.6) is 5.75 Å². The van der Waals surface area contributed by atoms with Crippen LogP contribution in [0.1, 0.15) is 24.8 Å². The van der Waals surface area contributed by atoms with Crippen LogP contribution in [0.25, 0.3) is 0 Å². The van der Waals surface area contributed by atoms with Gasteiger partial charge in [0.15, 0.2) is 0 Å². The molecule has 102 valence electrons. The van der Waals surface area contributed by atoms with E-state index in [0.717, 1.165) is 43.9 Å². The summed E-state index contributed by atoms with van der Waals surface area (Å²) in [6.45, 7) is 2.73. The third-order valence-corrected chi connectivity index (χ3v) is 3.76. The standard InChI is InChI=1S/C15H21N3O/c1-19-14-5-4-13(10-17)15(9-14)18-8-2-3-12(11-18)6-7-16/h4-5,9,12H,2-3,6-8,11,16H2,1H3. The largest absolute Gasteiger partial charge is 0.497 e. The topological polar surface area (TPSA) is 62.3 Å². The van der Waals surface area contributed by atoms with Crippen molar-refractivity contribution in [3.05, 3.63) is 23.8 Å². The fourth-order valence-electron chi connectivity index (χ4n) is 2.75. The van der Waals surface area contributed by atoms with Gasteiger partial charge in [0.2, 0.25) is 0 Å². The molecule has 2 N–H and O–H groups in total. The molecule has 0 amide bonds. The lowest BCUT2D eigenvalue weighted by Crippen LogP contribution is -2.36. The van der Waals surface area contributed by atoms with Gasteiger partial charge in [-0.15, -0.1) is 0 Å². The van der Waals surface area contributed by atoms with E-state index in [-0.39, 0.29) is 0 Å². The monoisotopic (exact) mass is 259 g/mol. The number of nitriles is 1. The molecular weight excluding hydrogens is 238 g/mol. The smallest absolute Gasteiger partial charge is 0.121 e. The average molecular weight is 259 g/mol. The molecule has 4 heteroatoms. The van der Waals surface area contributed by atoms with E-state index in [9.17, 15) is 5.26 Å². The van der Waals surface area contributed by atoms with E-state index in [4.69, 9.17) is 10.5 Å². The van der Waals surface area contributed by atoms with Crippen molar-refractivity contribution in [3.8, 4) is 11.8 Å². The normalized spacial score (nSPS) is 19.0. The van der Waals surface area contributed by atoms with Gasteiger partial charge in [-0.25, -0.2) is 0 Å². The van der Waals surface area contributed by atoms with E-state index < -0.39 is 0 Å². The quantitative estimate of drug-likeness (QED) is 0.899. The molecule has 1 heterocycles. The first kappa shape index (κ1) is 13.7. The summed E-state index contributed by atoms with van der Waals surface area (Å²) in [6.07, 6.45) is 3.45. The minimum Gasteiger partial charge on any atom is -0.497 e. The molecular formula is C15H21N3O. The lowest BCUT2D eigenvalue weighted by molar-refractivity contribution is 0.394. The van der Waals surface area contributed by atoms with Gasteiger partial charge in [-0.1, -0.05) is 0 Å². The third-order valence-electron chi connectivity index (χ3n) is 3.76. The number of nitrogens with zero attached hydrogens (tertiary/aromatic N) is 2. The van der Waals surface area contributed by atoms with Gasteiger partial charge in [0, 0.05) is 19.2 Å². The van der Waals surface area contributed by atoms with E-state index in [1.165, 1.54) is 6.42 Å². The van der Waals surface area contributed by atoms with Gasteiger partial charge in [0.05, 0.1) is 18.4 Å². The number of hydrogen-bond acceptors (Lipinski definition) is 4. The number of methoxy groups -OCH3 is 1. The maximum absolute atomic E-state index is 9.24. The van der Waals surface area contributed by atoms with Crippen LogP contribution < -0.4 is 15.4 Å². The number of anilines is 1. The van der Waals surface area contributed by atoms with E-state index in [1.807, 2.05) is 18.2 Å². The van der Waals surface area contributed by atoms with Crippen molar-refractivity contribution in [1.82, 2.24) is 0 Å². The molecule has 1 aliphatic heterocycles.